The number of amides is 1. The van der Waals surface area contributed by atoms with Crippen molar-refractivity contribution in [2.75, 3.05) is 31.6 Å². The second-order valence-electron chi connectivity index (χ2n) is 12.1. The number of likely N-dealkylation sites (tertiary alicyclic amines) is 1. The predicted molar refractivity (Wildman–Crippen MR) is 166 cm³/mol. The molecule has 230 valence electrons. The van der Waals surface area contributed by atoms with Crippen LogP contribution in [0.5, 0.6) is 0 Å². The van der Waals surface area contributed by atoms with E-state index in [1.807, 2.05) is 24.3 Å². The summed E-state index contributed by atoms with van der Waals surface area (Å²) in [5.41, 5.74) is 2.29. The molecule has 5 rings (SSSR count). The monoisotopic (exact) mass is 628 g/mol. The van der Waals surface area contributed by atoms with Gasteiger partial charge < -0.3 is 15.3 Å². The number of thiazole rings is 1. The third kappa shape index (κ3) is 7.42. The quantitative estimate of drug-likeness (QED) is 0.273. The summed E-state index contributed by atoms with van der Waals surface area (Å²) in [7, 11) is -4.27. The van der Waals surface area contributed by atoms with Gasteiger partial charge in [-0.05, 0) is 78.5 Å². The average molecular weight is 629 g/mol. The van der Waals surface area contributed by atoms with Crippen LogP contribution >= 0.6 is 11.3 Å². The highest BCUT2D eigenvalue weighted by atomic mass is 32.2. The van der Waals surface area contributed by atoms with Crippen LogP contribution in [0.25, 0.3) is 16.3 Å². The molecular weight excluding hydrogens is 591 g/mol. The largest absolute Gasteiger partial charge is 0.478 e. The first-order valence-corrected chi connectivity index (χ1v) is 16.8. The maximum Gasteiger partial charge on any atom is 0.328 e. The van der Waals surface area contributed by atoms with Crippen LogP contribution < -0.4 is 10.0 Å². The number of anilines is 1. The highest BCUT2D eigenvalue weighted by molar-refractivity contribution is 7.89. The highest BCUT2D eigenvalue weighted by Crippen LogP contribution is 2.38. The summed E-state index contributed by atoms with van der Waals surface area (Å²) in [6.45, 7) is 5.16. The number of carboxylic acid groups (broad SMARTS) is 1. The van der Waals surface area contributed by atoms with Gasteiger partial charge in [0, 0.05) is 32.1 Å². The first-order chi connectivity index (χ1) is 20.4. The summed E-state index contributed by atoms with van der Waals surface area (Å²) >= 11 is 1.42. The number of hydrogen-bond donors (Lipinski definition) is 3. The molecule has 1 fully saturated rings. The van der Waals surface area contributed by atoms with Crippen molar-refractivity contribution >= 4 is 55.2 Å². The first-order valence-electron chi connectivity index (χ1n) is 14.5. The Bertz CT molecular complexity index is 1610. The molecule has 2 aromatic carbocycles. The molecule has 3 aromatic rings. The second kappa shape index (κ2) is 12.7. The van der Waals surface area contributed by atoms with Crippen LogP contribution in [0.2, 0.25) is 0 Å². The van der Waals surface area contributed by atoms with Gasteiger partial charge in [0.1, 0.15) is 10.9 Å². The van der Waals surface area contributed by atoms with Crippen molar-refractivity contribution in [3.8, 4) is 0 Å². The van der Waals surface area contributed by atoms with E-state index in [1.165, 1.54) is 23.5 Å². The number of carbonyl (C=O) groups excluding carboxylic acids is 1. The molecule has 1 aromatic heterocycles. The molecule has 0 unspecified atom stereocenters. The van der Waals surface area contributed by atoms with Crippen molar-refractivity contribution in [2.24, 2.45) is 11.3 Å². The maximum atomic E-state index is 14.1. The Balaban J connectivity index is 1.49. The van der Waals surface area contributed by atoms with Crippen LogP contribution in [0, 0.1) is 11.3 Å². The van der Waals surface area contributed by atoms with Crippen LogP contribution in [0.3, 0.4) is 0 Å². The van der Waals surface area contributed by atoms with Gasteiger partial charge in [-0.25, -0.2) is 18.2 Å². The molecule has 12 heteroatoms. The number of nitrogens with one attached hydrogen (secondary N) is 2. The third-order valence-electron chi connectivity index (χ3n) is 8.08. The number of hydrogen-bond acceptors (Lipinski definition) is 7. The standard InChI is InChI=1S/C31H37FN4O5S2/c1-31(2)18-22-15-21(7-8-28(37)38)16-26(29(22)33-19-31)43(40,41)35-24(17-27-34-23-5-3-4-6-25(23)42-27)30(39)36-13-10-20(9-12-32)11-14-36/h3-8,15-16,20,24,33,35H,9-14,17-19H2,1-2H3,(H,37,38)/t24-/m0/s1. The molecule has 0 spiro atoms. The summed E-state index contributed by atoms with van der Waals surface area (Å²) in [6.07, 6.45) is 4.80. The summed E-state index contributed by atoms with van der Waals surface area (Å²) in [4.78, 5) is 31.4. The first kappa shape index (κ1) is 31.1. The Kier molecular flexibility index (Phi) is 9.19. The highest BCUT2D eigenvalue weighted by Gasteiger charge is 2.35. The lowest BCUT2D eigenvalue weighted by Gasteiger charge is -2.35. The topological polar surface area (TPSA) is 129 Å². The fraction of sp³-hybridized carbons (Fsp3) is 0.452. The third-order valence-corrected chi connectivity index (χ3v) is 10.6. The molecule has 0 aliphatic carbocycles. The summed E-state index contributed by atoms with van der Waals surface area (Å²) < 4.78 is 44.8. The Hall–Kier alpha value is -3.35. The number of alkyl halides is 1. The number of piperidine rings is 1. The van der Waals surface area contributed by atoms with Crippen molar-refractivity contribution in [3.63, 3.8) is 0 Å². The van der Waals surface area contributed by atoms with Crippen LogP contribution in [-0.4, -0.2) is 67.6 Å². The van der Waals surface area contributed by atoms with Gasteiger partial charge in [-0.1, -0.05) is 26.0 Å². The lowest BCUT2D eigenvalue weighted by Crippen LogP contribution is -2.51. The summed E-state index contributed by atoms with van der Waals surface area (Å²) in [5, 5.41) is 13.1. The minimum Gasteiger partial charge on any atom is -0.478 e. The van der Waals surface area contributed by atoms with E-state index in [9.17, 15) is 27.5 Å². The van der Waals surface area contributed by atoms with Gasteiger partial charge in [0.05, 0.1) is 27.6 Å². The molecule has 0 bridgehead atoms. The predicted octanol–water partition coefficient (Wildman–Crippen LogP) is 4.88. The van der Waals surface area contributed by atoms with Gasteiger partial charge in [0.15, 0.2) is 0 Å². The van der Waals surface area contributed by atoms with Crippen LogP contribution in [-0.2, 0) is 32.5 Å². The minimum absolute atomic E-state index is 0.0331. The fourth-order valence-electron chi connectivity index (χ4n) is 5.85. The van der Waals surface area contributed by atoms with Gasteiger partial charge in [0.2, 0.25) is 15.9 Å². The van der Waals surface area contributed by atoms with Crippen molar-refractivity contribution in [1.29, 1.82) is 0 Å². The van der Waals surface area contributed by atoms with Gasteiger partial charge in [-0.3, -0.25) is 9.18 Å². The minimum atomic E-state index is -4.27. The Morgan fingerprint density at radius 3 is 2.70 bits per heavy atom. The molecule has 2 aliphatic rings. The number of rotatable bonds is 10. The molecule has 1 amide bonds. The van der Waals surface area contributed by atoms with E-state index in [4.69, 9.17) is 0 Å². The average Bonchev–Trinajstić information content (AvgIpc) is 3.37. The zero-order valence-electron chi connectivity index (χ0n) is 24.3. The molecule has 43 heavy (non-hydrogen) atoms. The smallest absolute Gasteiger partial charge is 0.328 e. The number of sulfonamides is 1. The Morgan fingerprint density at radius 1 is 1.26 bits per heavy atom. The number of halogens is 1. The number of fused-ring (bicyclic) bond motifs is 2. The molecule has 2 aliphatic heterocycles. The van der Waals surface area contributed by atoms with Gasteiger partial charge in [0.25, 0.3) is 0 Å². The summed E-state index contributed by atoms with van der Waals surface area (Å²) in [5.74, 6) is -1.28. The number of carbonyl (C=O) groups is 2. The molecule has 3 heterocycles. The Labute approximate surface area is 255 Å². The van der Waals surface area contributed by atoms with Crippen LogP contribution in [0.1, 0.15) is 49.2 Å². The van der Waals surface area contributed by atoms with E-state index < -0.39 is 28.7 Å². The maximum absolute atomic E-state index is 14.1. The number of benzene rings is 2. The summed E-state index contributed by atoms with van der Waals surface area (Å²) in [6, 6.07) is 9.71. The van der Waals surface area contributed by atoms with Gasteiger partial charge >= 0.3 is 5.97 Å². The normalized spacial score (nSPS) is 18.0. The number of aromatic nitrogens is 1. The lowest BCUT2D eigenvalue weighted by molar-refractivity contribution is -0.134. The second-order valence-corrected chi connectivity index (χ2v) is 14.9. The molecule has 9 nitrogen and oxygen atoms in total. The molecule has 1 saturated heterocycles. The lowest BCUT2D eigenvalue weighted by atomic mass is 9.82. The number of nitrogens with zero attached hydrogens (tertiary/aromatic N) is 2. The molecule has 0 saturated carbocycles. The van der Waals surface area contributed by atoms with Crippen LogP contribution in [0.15, 0.2) is 47.4 Å². The molecular formula is C31H37FN4O5S2. The molecule has 1 atom stereocenters. The van der Waals surface area contributed by atoms with E-state index in [1.54, 1.807) is 11.0 Å². The van der Waals surface area contributed by atoms with Crippen molar-refractivity contribution in [3.05, 3.63) is 58.6 Å². The fourth-order valence-corrected chi connectivity index (χ4v) is 8.31. The Morgan fingerprint density at radius 2 is 2.00 bits per heavy atom. The number of para-hydroxylation sites is 1. The zero-order valence-corrected chi connectivity index (χ0v) is 25.9. The number of carboxylic acids is 1. The van der Waals surface area contributed by atoms with E-state index in [-0.39, 0.29) is 28.6 Å². The van der Waals surface area contributed by atoms with E-state index in [2.05, 4.69) is 28.9 Å². The van der Waals surface area contributed by atoms with Gasteiger partial charge in [-0.15, -0.1) is 11.3 Å². The molecule has 3 N–H and O–H groups in total. The van der Waals surface area contributed by atoms with E-state index in [0.717, 1.165) is 21.9 Å². The van der Waals surface area contributed by atoms with E-state index >= 15 is 0 Å². The zero-order chi connectivity index (χ0) is 30.8. The van der Waals surface area contributed by atoms with Crippen molar-refractivity contribution in [1.82, 2.24) is 14.6 Å². The van der Waals surface area contributed by atoms with Crippen molar-refractivity contribution in [2.45, 2.75) is 56.9 Å². The van der Waals surface area contributed by atoms with Crippen LogP contribution in [0.4, 0.5) is 10.1 Å². The van der Waals surface area contributed by atoms with Crippen molar-refractivity contribution < 1.29 is 27.5 Å². The van der Waals surface area contributed by atoms with E-state index in [0.29, 0.717) is 61.6 Å². The number of aliphatic carboxylic acids is 1. The molecule has 0 radical (unpaired) electrons. The SMILES string of the molecule is CC1(C)CNc2c(cc(C=CC(=O)O)cc2S(=O)(=O)N[C@@H](Cc2nc3ccccc3s2)C(=O)N2CCC(CCF)CC2)C1. The van der Waals surface area contributed by atoms with Gasteiger partial charge in [-0.2, -0.15) is 4.72 Å².